The van der Waals surface area contributed by atoms with Crippen molar-refractivity contribution >= 4 is 5.65 Å². The minimum atomic E-state index is -0.411. The lowest BCUT2D eigenvalue weighted by molar-refractivity contribution is 0.146. The maximum absolute atomic E-state index is 11.9. The summed E-state index contributed by atoms with van der Waals surface area (Å²) in [5, 5.41) is 8.73. The Morgan fingerprint density at radius 1 is 1.00 bits per heavy atom. The number of benzene rings is 1. The first-order valence-electron chi connectivity index (χ1n) is 9.18. The zero-order chi connectivity index (χ0) is 18.8. The summed E-state index contributed by atoms with van der Waals surface area (Å²) in [5.74, 6) is -0.821. The van der Waals surface area contributed by atoms with E-state index in [1.54, 1.807) is 17.0 Å². The van der Waals surface area contributed by atoms with E-state index in [1.807, 2.05) is 0 Å². The van der Waals surface area contributed by atoms with Crippen LogP contribution in [0.25, 0.3) is 5.65 Å². The molecule has 1 aromatic carbocycles. The summed E-state index contributed by atoms with van der Waals surface area (Å²) < 4.78 is 25.5. The second-order valence-corrected chi connectivity index (χ2v) is 7.10. The van der Waals surface area contributed by atoms with Crippen LogP contribution in [0.4, 0.5) is 8.78 Å². The number of hydrogen-bond donors (Lipinski definition) is 1. The third-order valence-electron chi connectivity index (χ3n) is 5.18. The second kappa shape index (κ2) is 7.66. The number of nitrogens with two attached hydrogens (primary N) is 1. The molecule has 27 heavy (non-hydrogen) atoms. The van der Waals surface area contributed by atoms with Crippen LogP contribution in [0.5, 0.6) is 0 Å². The van der Waals surface area contributed by atoms with Gasteiger partial charge in [0.15, 0.2) is 5.65 Å². The topological polar surface area (TPSA) is 72.3 Å². The fourth-order valence-corrected chi connectivity index (χ4v) is 3.84. The standard InChI is InChI=1S/C13H18N6.C6H4F2/c14-9-2-1-3-10(6-9)18-7-11-12(8-18)17-19-13(11)15-4-5-16-19;7-5-1-2-6(8)4-3-5/h4-5,9-10H,1-3,6-8,14H2;1-4H. The van der Waals surface area contributed by atoms with Crippen LogP contribution in [0.3, 0.4) is 0 Å². The molecule has 0 bridgehead atoms. The van der Waals surface area contributed by atoms with E-state index in [4.69, 9.17) is 5.73 Å². The predicted molar refractivity (Wildman–Crippen MR) is 96.6 cm³/mol. The average Bonchev–Trinajstić information content (AvgIpc) is 3.23. The Labute approximate surface area is 156 Å². The van der Waals surface area contributed by atoms with Gasteiger partial charge in [-0.3, -0.25) is 4.90 Å². The summed E-state index contributed by atoms with van der Waals surface area (Å²) in [6, 6.07) is 5.29. The zero-order valence-electron chi connectivity index (χ0n) is 14.9. The Kier molecular flexibility index (Phi) is 5.09. The maximum atomic E-state index is 11.9. The Bertz CT molecular complexity index is 889. The van der Waals surface area contributed by atoms with Crippen LogP contribution < -0.4 is 5.73 Å². The van der Waals surface area contributed by atoms with Crippen molar-refractivity contribution in [2.24, 2.45) is 5.73 Å². The molecule has 2 aliphatic rings. The van der Waals surface area contributed by atoms with Crippen molar-refractivity contribution < 1.29 is 8.78 Å². The molecule has 3 aromatic rings. The van der Waals surface area contributed by atoms with E-state index in [1.165, 1.54) is 24.8 Å². The zero-order valence-corrected chi connectivity index (χ0v) is 14.9. The first kappa shape index (κ1) is 17.9. The molecule has 2 atom stereocenters. The summed E-state index contributed by atoms with van der Waals surface area (Å²) >= 11 is 0. The summed E-state index contributed by atoms with van der Waals surface area (Å²) in [7, 11) is 0. The van der Waals surface area contributed by atoms with Gasteiger partial charge in [0.1, 0.15) is 11.6 Å². The van der Waals surface area contributed by atoms with Crippen LogP contribution in [-0.2, 0) is 13.1 Å². The molecule has 1 saturated carbocycles. The lowest BCUT2D eigenvalue weighted by Gasteiger charge is -2.33. The van der Waals surface area contributed by atoms with Crippen LogP contribution in [0.2, 0.25) is 0 Å². The van der Waals surface area contributed by atoms with E-state index in [9.17, 15) is 8.78 Å². The summed E-state index contributed by atoms with van der Waals surface area (Å²) in [5.41, 5.74) is 9.37. The predicted octanol–water partition coefficient (Wildman–Crippen LogP) is 2.67. The van der Waals surface area contributed by atoms with Gasteiger partial charge < -0.3 is 5.73 Å². The van der Waals surface area contributed by atoms with E-state index in [0.717, 1.165) is 55.1 Å². The number of halogens is 2. The van der Waals surface area contributed by atoms with E-state index >= 15 is 0 Å². The second-order valence-electron chi connectivity index (χ2n) is 7.10. The minimum absolute atomic E-state index is 0.368. The lowest BCUT2D eigenvalue weighted by Crippen LogP contribution is -2.40. The highest BCUT2D eigenvalue weighted by atomic mass is 19.1. The molecule has 2 aromatic heterocycles. The monoisotopic (exact) mass is 372 g/mol. The third-order valence-corrected chi connectivity index (χ3v) is 5.18. The number of rotatable bonds is 1. The van der Waals surface area contributed by atoms with Crippen molar-refractivity contribution in [2.75, 3.05) is 0 Å². The number of fused-ring (bicyclic) bond motifs is 3. The van der Waals surface area contributed by atoms with Gasteiger partial charge in [-0.1, -0.05) is 6.42 Å². The maximum Gasteiger partial charge on any atom is 0.180 e. The molecular formula is C19H22F2N6. The van der Waals surface area contributed by atoms with Crippen LogP contribution >= 0.6 is 0 Å². The Morgan fingerprint density at radius 3 is 2.44 bits per heavy atom. The number of hydrogen-bond acceptors (Lipinski definition) is 5. The average molecular weight is 372 g/mol. The van der Waals surface area contributed by atoms with Crippen LogP contribution in [0.15, 0.2) is 36.7 Å². The van der Waals surface area contributed by atoms with Gasteiger partial charge in [-0.05, 0) is 43.5 Å². The SMILES string of the molecule is Fc1ccc(F)cc1.NC1CCCC(N2Cc3nn4nccnc4c3C2)C1. The molecule has 6 nitrogen and oxygen atoms in total. The number of nitrogens with zero attached hydrogens (tertiary/aromatic N) is 5. The van der Waals surface area contributed by atoms with Crippen molar-refractivity contribution in [3.05, 3.63) is 59.6 Å². The molecule has 1 aliphatic heterocycles. The molecule has 2 unspecified atom stereocenters. The van der Waals surface area contributed by atoms with E-state index in [0.29, 0.717) is 12.1 Å². The van der Waals surface area contributed by atoms with Crippen molar-refractivity contribution in [1.82, 2.24) is 24.7 Å². The third kappa shape index (κ3) is 3.96. The molecule has 3 heterocycles. The van der Waals surface area contributed by atoms with Crippen LogP contribution in [0, 0.1) is 11.6 Å². The summed E-state index contributed by atoms with van der Waals surface area (Å²) in [4.78, 5) is 6.90. The van der Waals surface area contributed by atoms with Gasteiger partial charge in [0.2, 0.25) is 0 Å². The molecule has 2 N–H and O–H groups in total. The largest absolute Gasteiger partial charge is 0.328 e. The fraction of sp³-hybridized carbons (Fsp3) is 0.421. The molecule has 142 valence electrons. The van der Waals surface area contributed by atoms with Crippen molar-refractivity contribution in [2.45, 2.75) is 50.9 Å². The quantitative estimate of drug-likeness (QED) is 0.711. The van der Waals surface area contributed by atoms with Gasteiger partial charge in [0.25, 0.3) is 0 Å². The molecule has 8 heteroatoms. The van der Waals surface area contributed by atoms with Crippen molar-refractivity contribution in [1.29, 1.82) is 0 Å². The van der Waals surface area contributed by atoms with E-state index in [2.05, 4.69) is 20.1 Å². The highest BCUT2D eigenvalue weighted by Gasteiger charge is 2.32. The van der Waals surface area contributed by atoms with Crippen molar-refractivity contribution in [3.63, 3.8) is 0 Å². The Balaban J connectivity index is 0.000000190. The molecule has 0 radical (unpaired) electrons. The van der Waals surface area contributed by atoms with Crippen LogP contribution in [-0.4, -0.2) is 36.8 Å². The van der Waals surface area contributed by atoms with Gasteiger partial charge in [0.05, 0.1) is 11.9 Å². The van der Waals surface area contributed by atoms with Gasteiger partial charge in [0, 0.05) is 36.9 Å². The van der Waals surface area contributed by atoms with Gasteiger partial charge in [-0.2, -0.15) is 10.2 Å². The molecule has 1 aliphatic carbocycles. The Morgan fingerprint density at radius 2 is 1.74 bits per heavy atom. The molecule has 1 fully saturated rings. The smallest absolute Gasteiger partial charge is 0.180 e. The number of aromatic nitrogens is 4. The minimum Gasteiger partial charge on any atom is -0.328 e. The van der Waals surface area contributed by atoms with E-state index in [-0.39, 0.29) is 0 Å². The Hall–Kier alpha value is -2.45. The summed E-state index contributed by atoms with van der Waals surface area (Å²) in [6.45, 7) is 1.85. The molecule has 0 amide bonds. The highest BCUT2D eigenvalue weighted by Crippen LogP contribution is 2.31. The fourth-order valence-electron chi connectivity index (χ4n) is 3.84. The molecule has 5 rings (SSSR count). The molecular weight excluding hydrogens is 350 g/mol. The highest BCUT2D eigenvalue weighted by molar-refractivity contribution is 5.50. The molecule has 0 spiro atoms. The lowest BCUT2D eigenvalue weighted by atomic mass is 9.91. The normalized spacial score (nSPS) is 22.3. The van der Waals surface area contributed by atoms with Gasteiger partial charge >= 0.3 is 0 Å². The van der Waals surface area contributed by atoms with Gasteiger partial charge in [-0.25, -0.2) is 13.8 Å². The van der Waals surface area contributed by atoms with Crippen molar-refractivity contribution in [3.8, 4) is 0 Å². The summed E-state index contributed by atoms with van der Waals surface area (Å²) in [6.07, 6.45) is 8.20. The first-order valence-corrected chi connectivity index (χ1v) is 9.18. The van der Waals surface area contributed by atoms with E-state index < -0.39 is 11.6 Å². The van der Waals surface area contributed by atoms with Crippen LogP contribution in [0.1, 0.15) is 36.9 Å². The molecule has 0 saturated heterocycles. The first-order chi connectivity index (χ1) is 13.1. The van der Waals surface area contributed by atoms with Gasteiger partial charge in [-0.15, -0.1) is 4.63 Å².